The fraction of sp³-hybridized carbons (Fsp3) is 0.167. The molecule has 1 aromatic heterocycles. The molecule has 0 radical (unpaired) electrons. The summed E-state index contributed by atoms with van der Waals surface area (Å²) < 4.78 is 5.65. The van der Waals surface area contributed by atoms with Gasteiger partial charge < -0.3 is 4.74 Å². The second-order valence-corrected chi connectivity index (χ2v) is 5.29. The van der Waals surface area contributed by atoms with Crippen molar-refractivity contribution in [1.82, 2.24) is 4.98 Å². The van der Waals surface area contributed by atoms with Gasteiger partial charge >= 0.3 is 0 Å². The number of rotatable bonds is 4. The Morgan fingerprint density at radius 3 is 2.62 bits per heavy atom. The first kappa shape index (κ1) is 13.9. The third-order valence-electron chi connectivity index (χ3n) is 3.27. The minimum atomic E-state index is 0.695. The molecule has 0 atom stereocenters. The van der Waals surface area contributed by atoms with Gasteiger partial charge in [0.2, 0.25) is 0 Å². The summed E-state index contributed by atoms with van der Waals surface area (Å²) in [6.07, 6.45) is 0.983. The predicted molar refractivity (Wildman–Crippen MR) is 88.0 cm³/mol. The Bertz CT molecular complexity index is 756. The molecule has 3 rings (SSSR count). The van der Waals surface area contributed by atoms with Crippen LogP contribution in [0.2, 0.25) is 5.02 Å². The molecule has 0 aliphatic heterocycles. The SMILES string of the molecule is CCCOc1ccc2nc(-c3ccccc3)cc(Cl)c2c1. The largest absolute Gasteiger partial charge is 0.494 e. The molecular formula is C18H16ClNO. The highest BCUT2D eigenvalue weighted by Gasteiger charge is 2.07. The molecule has 2 nitrogen and oxygen atoms in total. The number of fused-ring (bicyclic) bond motifs is 1. The van der Waals surface area contributed by atoms with E-state index in [2.05, 4.69) is 11.9 Å². The van der Waals surface area contributed by atoms with Crippen LogP contribution in [0.5, 0.6) is 5.75 Å². The number of pyridine rings is 1. The Balaban J connectivity index is 2.05. The van der Waals surface area contributed by atoms with Gasteiger partial charge in [0, 0.05) is 10.9 Å². The zero-order valence-electron chi connectivity index (χ0n) is 11.8. The van der Waals surface area contributed by atoms with Crippen LogP contribution in [0, 0.1) is 0 Å². The van der Waals surface area contributed by atoms with Gasteiger partial charge in [-0.05, 0) is 30.7 Å². The van der Waals surface area contributed by atoms with Crippen LogP contribution >= 0.6 is 11.6 Å². The van der Waals surface area contributed by atoms with E-state index in [-0.39, 0.29) is 0 Å². The number of halogens is 1. The molecule has 3 heteroatoms. The van der Waals surface area contributed by atoms with Gasteiger partial charge in [-0.1, -0.05) is 48.9 Å². The van der Waals surface area contributed by atoms with E-state index >= 15 is 0 Å². The van der Waals surface area contributed by atoms with Gasteiger partial charge in [-0.3, -0.25) is 0 Å². The fourth-order valence-corrected chi connectivity index (χ4v) is 2.48. The lowest BCUT2D eigenvalue weighted by Gasteiger charge is -2.08. The smallest absolute Gasteiger partial charge is 0.120 e. The molecule has 21 heavy (non-hydrogen) atoms. The van der Waals surface area contributed by atoms with Crippen molar-refractivity contribution in [3.8, 4) is 17.0 Å². The molecule has 0 amide bonds. The van der Waals surface area contributed by atoms with Crippen molar-refractivity contribution in [3.05, 3.63) is 59.6 Å². The summed E-state index contributed by atoms with van der Waals surface area (Å²) in [5.74, 6) is 0.834. The van der Waals surface area contributed by atoms with Crippen LogP contribution in [-0.4, -0.2) is 11.6 Å². The number of hydrogen-bond acceptors (Lipinski definition) is 2. The zero-order chi connectivity index (χ0) is 14.7. The van der Waals surface area contributed by atoms with E-state index in [1.54, 1.807) is 0 Å². The van der Waals surface area contributed by atoms with E-state index in [0.717, 1.165) is 34.3 Å². The van der Waals surface area contributed by atoms with Gasteiger partial charge in [-0.2, -0.15) is 0 Å². The standard InChI is InChI=1S/C18H16ClNO/c1-2-10-21-14-8-9-17-15(11-14)16(19)12-18(20-17)13-6-4-3-5-7-13/h3-9,11-12H,2,10H2,1H3. The normalized spacial score (nSPS) is 10.8. The first-order valence-corrected chi connectivity index (χ1v) is 7.44. The van der Waals surface area contributed by atoms with Crippen molar-refractivity contribution in [3.63, 3.8) is 0 Å². The van der Waals surface area contributed by atoms with E-state index < -0.39 is 0 Å². The third-order valence-corrected chi connectivity index (χ3v) is 3.58. The van der Waals surface area contributed by atoms with E-state index in [4.69, 9.17) is 16.3 Å². The van der Waals surface area contributed by atoms with Gasteiger partial charge in [0.05, 0.1) is 22.8 Å². The van der Waals surface area contributed by atoms with Crippen molar-refractivity contribution in [2.75, 3.05) is 6.61 Å². The Hall–Kier alpha value is -2.06. The van der Waals surface area contributed by atoms with Crippen molar-refractivity contribution in [2.45, 2.75) is 13.3 Å². The van der Waals surface area contributed by atoms with Crippen molar-refractivity contribution < 1.29 is 4.74 Å². The number of nitrogens with zero attached hydrogens (tertiary/aromatic N) is 1. The molecule has 0 N–H and O–H groups in total. The quantitative estimate of drug-likeness (QED) is 0.648. The van der Waals surface area contributed by atoms with Gasteiger partial charge in [0.15, 0.2) is 0 Å². The molecule has 3 aromatic rings. The Kier molecular flexibility index (Phi) is 4.07. The summed E-state index contributed by atoms with van der Waals surface area (Å²) in [6.45, 7) is 2.79. The van der Waals surface area contributed by atoms with Crippen LogP contribution in [0.15, 0.2) is 54.6 Å². The van der Waals surface area contributed by atoms with E-state index in [1.807, 2.05) is 54.6 Å². The minimum Gasteiger partial charge on any atom is -0.494 e. The first-order chi connectivity index (χ1) is 10.3. The van der Waals surface area contributed by atoms with Crippen molar-refractivity contribution in [1.29, 1.82) is 0 Å². The number of benzene rings is 2. The fourth-order valence-electron chi connectivity index (χ4n) is 2.23. The summed E-state index contributed by atoms with van der Waals surface area (Å²) >= 11 is 6.42. The minimum absolute atomic E-state index is 0.695. The summed E-state index contributed by atoms with van der Waals surface area (Å²) in [5, 5.41) is 1.62. The van der Waals surface area contributed by atoms with Crippen LogP contribution in [0.1, 0.15) is 13.3 Å². The molecule has 0 saturated heterocycles. The van der Waals surface area contributed by atoms with E-state index in [0.29, 0.717) is 11.6 Å². The molecule has 106 valence electrons. The maximum Gasteiger partial charge on any atom is 0.120 e. The van der Waals surface area contributed by atoms with Gasteiger partial charge in [0.25, 0.3) is 0 Å². The Morgan fingerprint density at radius 1 is 1.05 bits per heavy atom. The number of aromatic nitrogens is 1. The first-order valence-electron chi connectivity index (χ1n) is 7.06. The Labute approximate surface area is 129 Å². The molecular weight excluding hydrogens is 282 g/mol. The maximum absolute atomic E-state index is 6.42. The molecule has 0 fully saturated rings. The second-order valence-electron chi connectivity index (χ2n) is 4.88. The predicted octanol–water partition coefficient (Wildman–Crippen LogP) is 5.34. The highest BCUT2D eigenvalue weighted by atomic mass is 35.5. The molecule has 1 heterocycles. The molecule has 0 saturated carbocycles. The number of hydrogen-bond donors (Lipinski definition) is 0. The zero-order valence-corrected chi connectivity index (χ0v) is 12.6. The van der Waals surface area contributed by atoms with Gasteiger partial charge in [-0.25, -0.2) is 4.98 Å². The highest BCUT2D eigenvalue weighted by molar-refractivity contribution is 6.35. The van der Waals surface area contributed by atoms with Crippen molar-refractivity contribution >= 4 is 22.5 Å². The summed E-state index contributed by atoms with van der Waals surface area (Å²) in [7, 11) is 0. The topological polar surface area (TPSA) is 22.1 Å². The lowest BCUT2D eigenvalue weighted by atomic mass is 10.1. The highest BCUT2D eigenvalue weighted by Crippen LogP contribution is 2.30. The van der Waals surface area contributed by atoms with Crippen molar-refractivity contribution in [2.24, 2.45) is 0 Å². The van der Waals surface area contributed by atoms with E-state index in [9.17, 15) is 0 Å². The summed E-state index contributed by atoms with van der Waals surface area (Å²) in [5.41, 5.74) is 2.83. The second kappa shape index (κ2) is 6.15. The molecule has 0 unspecified atom stereocenters. The molecule has 0 aliphatic carbocycles. The van der Waals surface area contributed by atoms with Gasteiger partial charge in [-0.15, -0.1) is 0 Å². The van der Waals surface area contributed by atoms with Crippen LogP contribution in [0.25, 0.3) is 22.2 Å². The van der Waals surface area contributed by atoms with Crippen LogP contribution in [0.4, 0.5) is 0 Å². The third kappa shape index (κ3) is 3.01. The molecule has 0 bridgehead atoms. The van der Waals surface area contributed by atoms with Gasteiger partial charge in [0.1, 0.15) is 5.75 Å². The van der Waals surface area contributed by atoms with Crippen LogP contribution in [-0.2, 0) is 0 Å². The van der Waals surface area contributed by atoms with Crippen LogP contribution < -0.4 is 4.74 Å². The Morgan fingerprint density at radius 2 is 1.86 bits per heavy atom. The van der Waals surface area contributed by atoms with Crippen LogP contribution in [0.3, 0.4) is 0 Å². The number of ether oxygens (including phenoxy) is 1. The molecule has 0 aliphatic rings. The average Bonchev–Trinajstić information content (AvgIpc) is 2.54. The summed E-state index contributed by atoms with van der Waals surface area (Å²) in [4.78, 5) is 4.69. The monoisotopic (exact) mass is 297 g/mol. The maximum atomic E-state index is 6.42. The molecule has 2 aromatic carbocycles. The lowest BCUT2D eigenvalue weighted by molar-refractivity contribution is 0.318. The summed E-state index contributed by atoms with van der Waals surface area (Å²) in [6, 6.07) is 17.8. The lowest BCUT2D eigenvalue weighted by Crippen LogP contribution is -1.95. The average molecular weight is 298 g/mol. The molecule has 0 spiro atoms. The van der Waals surface area contributed by atoms with E-state index in [1.165, 1.54) is 0 Å².